The van der Waals surface area contributed by atoms with Gasteiger partial charge < -0.3 is 14.2 Å². The van der Waals surface area contributed by atoms with Gasteiger partial charge in [-0.1, -0.05) is 247 Å². The molecular formula is C66H114O6. The van der Waals surface area contributed by atoms with E-state index in [4.69, 9.17) is 14.2 Å². The maximum Gasteiger partial charge on any atom is 0.306 e. The first-order chi connectivity index (χ1) is 35.5. The molecule has 0 heterocycles. The van der Waals surface area contributed by atoms with Crippen LogP contribution in [0, 0.1) is 0 Å². The molecule has 6 heteroatoms. The molecule has 0 aromatic rings. The number of carbonyl (C=O) groups is 3. The van der Waals surface area contributed by atoms with Crippen molar-refractivity contribution in [3.05, 3.63) is 85.1 Å². The van der Waals surface area contributed by atoms with E-state index < -0.39 is 6.10 Å². The van der Waals surface area contributed by atoms with E-state index >= 15 is 0 Å². The molecule has 0 amide bonds. The maximum absolute atomic E-state index is 12.9. The van der Waals surface area contributed by atoms with Crippen molar-refractivity contribution in [1.82, 2.24) is 0 Å². The van der Waals surface area contributed by atoms with Gasteiger partial charge in [-0.3, -0.25) is 14.4 Å². The highest BCUT2D eigenvalue weighted by atomic mass is 16.6. The van der Waals surface area contributed by atoms with Gasteiger partial charge in [-0.25, -0.2) is 0 Å². The van der Waals surface area contributed by atoms with Gasteiger partial charge in [0, 0.05) is 19.3 Å². The molecule has 0 aliphatic rings. The number of hydrogen-bond donors (Lipinski definition) is 0. The predicted octanol–water partition coefficient (Wildman–Crippen LogP) is 20.7. The van der Waals surface area contributed by atoms with Crippen molar-refractivity contribution in [3.8, 4) is 0 Å². The maximum atomic E-state index is 12.9. The van der Waals surface area contributed by atoms with Gasteiger partial charge >= 0.3 is 17.9 Å². The Hall–Kier alpha value is -3.41. The molecule has 0 bridgehead atoms. The second-order valence-electron chi connectivity index (χ2n) is 20.2. The largest absolute Gasteiger partial charge is 0.462 e. The van der Waals surface area contributed by atoms with Crippen molar-refractivity contribution in [2.24, 2.45) is 0 Å². The highest BCUT2D eigenvalue weighted by Crippen LogP contribution is 2.15. The normalized spacial score (nSPS) is 12.7. The smallest absolute Gasteiger partial charge is 0.306 e. The minimum Gasteiger partial charge on any atom is -0.462 e. The topological polar surface area (TPSA) is 78.9 Å². The number of rotatable bonds is 55. The molecule has 0 aromatic carbocycles. The molecule has 0 aliphatic carbocycles. The van der Waals surface area contributed by atoms with Gasteiger partial charge in [0.05, 0.1) is 0 Å². The van der Waals surface area contributed by atoms with Gasteiger partial charge in [0.2, 0.25) is 0 Å². The lowest BCUT2D eigenvalue weighted by Gasteiger charge is -2.18. The summed E-state index contributed by atoms with van der Waals surface area (Å²) < 4.78 is 16.9. The van der Waals surface area contributed by atoms with Gasteiger partial charge in [-0.05, 0) is 116 Å². The molecule has 0 saturated heterocycles. The molecular weight excluding hydrogens is 889 g/mol. The first-order valence-corrected chi connectivity index (χ1v) is 30.6. The fourth-order valence-electron chi connectivity index (χ4n) is 8.52. The van der Waals surface area contributed by atoms with Crippen LogP contribution in [0.4, 0.5) is 0 Å². The van der Waals surface area contributed by atoms with E-state index in [2.05, 4.69) is 106 Å². The summed E-state index contributed by atoms with van der Waals surface area (Å²) in [6.07, 6.45) is 78.6. The Morgan fingerprint density at radius 3 is 0.861 bits per heavy atom. The molecule has 1 atom stereocenters. The third kappa shape index (κ3) is 57.5. The number of esters is 3. The monoisotopic (exact) mass is 1000 g/mol. The quantitative estimate of drug-likeness (QED) is 0.0261. The molecule has 0 fully saturated rings. The Balaban J connectivity index is 4.38. The minimum atomic E-state index is -0.790. The van der Waals surface area contributed by atoms with E-state index in [0.717, 1.165) is 109 Å². The summed E-state index contributed by atoms with van der Waals surface area (Å²) in [5, 5.41) is 0. The second-order valence-corrected chi connectivity index (χ2v) is 20.2. The van der Waals surface area contributed by atoms with E-state index in [1.807, 2.05) is 0 Å². The summed E-state index contributed by atoms with van der Waals surface area (Å²) in [6.45, 7) is 6.51. The van der Waals surface area contributed by atoms with Gasteiger partial charge in [0.15, 0.2) is 6.10 Å². The second kappa shape index (κ2) is 60.1. The molecule has 0 N–H and O–H groups in total. The molecule has 0 radical (unpaired) electrons. The summed E-state index contributed by atoms with van der Waals surface area (Å²) in [5.41, 5.74) is 0. The van der Waals surface area contributed by atoms with Crippen LogP contribution in [0.25, 0.3) is 0 Å². The number of carbonyl (C=O) groups excluding carboxylic acids is 3. The first-order valence-electron chi connectivity index (χ1n) is 30.6. The van der Waals surface area contributed by atoms with Crippen molar-refractivity contribution in [2.45, 2.75) is 303 Å². The van der Waals surface area contributed by atoms with Crippen molar-refractivity contribution >= 4 is 17.9 Å². The van der Waals surface area contributed by atoms with E-state index in [1.54, 1.807) is 0 Å². The van der Waals surface area contributed by atoms with E-state index in [9.17, 15) is 14.4 Å². The Kier molecular flexibility index (Phi) is 57.3. The van der Waals surface area contributed by atoms with Crippen LogP contribution in [0.3, 0.4) is 0 Å². The summed E-state index contributed by atoms with van der Waals surface area (Å²) in [5.74, 6) is -0.903. The SMILES string of the molecule is CC/C=C\C/C=C\C/C=C\CCCCCCCCCC(=O)OC(COC(=O)CCCCCCC/C=C\CCCCCCC)COC(=O)CCCCCCCCCC/C=C\C/C=C\C/C=C\CCCCCCC. The van der Waals surface area contributed by atoms with Crippen molar-refractivity contribution in [1.29, 1.82) is 0 Å². The average Bonchev–Trinajstić information content (AvgIpc) is 3.38. The predicted molar refractivity (Wildman–Crippen MR) is 311 cm³/mol. The number of allylic oxidation sites excluding steroid dienone is 14. The number of hydrogen-bond acceptors (Lipinski definition) is 6. The van der Waals surface area contributed by atoms with Crippen molar-refractivity contribution in [3.63, 3.8) is 0 Å². The molecule has 72 heavy (non-hydrogen) atoms. The molecule has 0 saturated carbocycles. The van der Waals surface area contributed by atoms with Crippen molar-refractivity contribution < 1.29 is 28.6 Å². The first kappa shape index (κ1) is 68.6. The average molecular weight is 1000 g/mol. The molecule has 0 spiro atoms. The van der Waals surface area contributed by atoms with Crippen LogP contribution in [-0.4, -0.2) is 37.2 Å². The Labute approximate surface area is 445 Å². The molecule has 6 nitrogen and oxygen atoms in total. The third-order valence-corrected chi connectivity index (χ3v) is 13.1. The molecule has 0 aliphatic heterocycles. The van der Waals surface area contributed by atoms with Crippen LogP contribution in [-0.2, 0) is 28.6 Å². The lowest BCUT2D eigenvalue weighted by atomic mass is 10.1. The molecule has 0 rings (SSSR count). The molecule has 1 unspecified atom stereocenters. The van der Waals surface area contributed by atoms with Crippen LogP contribution < -0.4 is 0 Å². The zero-order valence-electron chi connectivity index (χ0n) is 47.4. The summed E-state index contributed by atoms with van der Waals surface area (Å²) in [7, 11) is 0. The van der Waals surface area contributed by atoms with Crippen LogP contribution in [0.2, 0.25) is 0 Å². The van der Waals surface area contributed by atoms with E-state index in [0.29, 0.717) is 19.3 Å². The van der Waals surface area contributed by atoms with Crippen LogP contribution in [0.5, 0.6) is 0 Å². The number of ether oxygens (including phenoxy) is 3. The van der Waals surface area contributed by atoms with E-state index in [1.165, 1.54) is 148 Å². The van der Waals surface area contributed by atoms with Gasteiger partial charge in [-0.2, -0.15) is 0 Å². The summed E-state index contributed by atoms with van der Waals surface area (Å²) >= 11 is 0. The number of unbranched alkanes of at least 4 members (excludes halogenated alkanes) is 30. The highest BCUT2D eigenvalue weighted by Gasteiger charge is 2.19. The van der Waals surface area contributed by atoms with Crippen molar-refractivity contribution in [2.75, 3.05) is 13.2 Å². The van der Waals surface area contributed by atoms with Crippen LogP contribution in [0.1, 0.15) is 297 Å². The lowest BCUT2D eigenvalue weighted by molar-refractivity contribution is -0.167. The van der Waals surface area contributed by atoms with Gasteiger partial charge in [0.25, 0.3) is 0 Å². The van der Waals surface area contributed by atoms with E-state index in [-0.39, 0.29) is 31.1 Å². The van der Waals surface area contributed by atoms with Crippen LogP contribution in [0.15, 0.2) is 85.1 Å². The Morgan fingerprint density at radius 1 is 0.292 bits per heavy atom. The fraction of sp³-hybridized carbons (Fsp3) is 0.742. The summed E-state index contributed by atoms with van der Waals surface area (Å²) in [4.78, 5) is 38.2. The lowest BCUT2D eigenvalue weighted by Crippen LogP contribution is -2.30. The van der Waals surface area contributed by atoms with Gasteiger partial charge in [0.1, 0.15) is 13.2 Å². The molecule has 0 aromatic heterocycles. The van der Waals surface area contributed by atoms with Crippen LogP contribution >= 0.6 is 0 Å². The standard InChI is InChI=1S/C66H114O6/c1-4-7-10-13-16-19-22-25-28-30-31-32-33-34-35-37-38-41-44-47-50-53-56-59-65(68)71-62-63(61-70-64(67)58-55-52-49-46-43-40-27-24-21-18-15-12-9-6-3)72-66(69)60-57-54-51-48-45-42-39-36-29-26-23-20-17-14-11-8-5-2/h8,11,17,20,22,24-27,29-31,33-34,63H,4-7,9-10,12-16,18-19,21,23,28,32,35-62H2,1-3H3/b11-8-,20-17-,25-22-,27-24-,29-26-,31-30-,34-33-. The highest BCUT2D eigenvalue weighted by molar-refractivity contribution is 5.71. The zero-order chi connectivity index (χ0) is 52.2. The van der Waals surface area contributed by atoms with Gasteiger partial charge in [-0.15, -0.1) is 0 Å². The fourth-order valence-corrected chi connectivity index (χ4v) is 8.52. The summed E-state index contributed by atoms with van der Waals surface area (Å²) in [6, 6.07) is 0. The zero-order valence-corrected chi connectivity index (χ0v) is 47.4. The minimum absolute atomic E-state index is 0.0868. The Morgan fingerprint density at radius 2 is 0.542 bits per heavy atom. The third-order valence-electron chi connectivity index (χ3n) is 13.1. The Bertz CT molecular complexity index is 1380. The molecule has 414 valence electrons.